The predicted octanol–water partition coefficient (Wildman–Crippen LogP) is 4.52. The highest BCUT2D eigenvalue weighted by molar-refractivity contribution is 5.70. The average Bonchev–Trinajstić information content (AvgIpc) is 3.21. The van der Waals surface area contributed by atoms with Gasteiger partial charge >= 0.3 is 0 Å². The molecule has 0 saturated carbocycles. The second-order valence-electron chi connectivity index (χ2n) is 8.61. The number of aromatic nitrogens is 4. The van der Waals surface area contributed by atoms with E-state index in [-0.39, 0.29) is 17.0 Å². The summed E-state index contributed by atoms with van der Waals surface area (Å²) in [7, 11) is 0. The van der Waals surface area contributed by atoms with Crippen molar-refractivity contribution in [2.45, 2.75) is 58.0 Å². The summed E-state index contributed by atoms with van der Waals surface area (Å²) in [6, 6.07) is 10.7. The summed E-state index contributed by atoms with van der Waals surface area (Å²) in [5.41, 5.74) is 1.81. The molecule has 1 aromatic carbocycles. The van der Waals surface area contributed by atoms with Crippen LogP contribution in [0.5, 0.6) is 0 Å². The molecule has 0 radical (unpaired) electrons. The lowest BCUT2D eigenvalue weighted by atomic mass is 9.89. The van der Waals surface area contributed by atoms with E-state index in [1.165, 1.54) is 5.56 Å². The number of nitrogens with one attached hydrogen (secondary N) is 1. The molecule has 4 rings (SSSR count). The van der Waals surface area contributed by atoms with Gasteiger partial charge in [0.15, 0.2) is 0 Å². The Balaban J connectivity index is 1.76. The molecule has 136 valence electrons. The maximum atomic E-state index is 5.95. The third kappa shape index (κ3) is 2.79. The summed E-state index contributed by atoms with van der Waals surface area (Å²) in [4.78, 5) is 0. The number of benzene rings is 1. The van der Waals surface area contributed by atoms with E-state index >= 15 is 0 Å². The summed E-state index contributed by atoms with van der Waals surface area (Å²) in [6.45, 7) is 10.6. The lowest BCUT2D eigenvalue weighted by molar-refractivity contribution is 0.263. The van der Waals surface area contributed by atoms with Crippen molar-refractivity contribution in [1.82, 2.24) is 20.0 Å². The van der Waals surface area contributed by atoms with Gasteiger partial charge in [0.05, 0.1) is 17.8 Å². The van der Waals surface area contributed by atoms with Crippen LogP contribution < -0.4 is 5.32 Å². The second kappa shape index (κ2) is 5.69. The molecule has 3 heterocycles. The van der Waals surface area contributed by atoms with Gasteiger partial charge in [-0.1, -0.05) is 51.1 Å². The standard InChI is InChI=1S/C20H25N5O/c1-19(2,3)18-24-23-17(26-18)14-12-21-25-16(14)22-15(11-20(25,4)5)13-9-7-6-8-10-13/h6-10,12,15,22H,11H2,1-5H3. The molecule has 0 amide bonds. The van der Waals surface area contributed by atoms with Crippen LogP contribution in [0.2, 0.25) is 0 Å². The first-order valence-corrected chi connectivity index (χ1v) is 9.00. The van der Waals surface area contributed by atoms with Gasteiger partial charge in [0.25, 0.3) is 5.89 Å². The molecule has 1 atom stereocenters. The van der Waals surface area contributed by atoms with E-state index in [1.54, 1.807) is 0 Å². The zero-order valence-electron chi connectivity index (χ0n) is 15.9. The third-order valence-electron chi connectivity index (χ3n) is 4.86. The second-order valence-corrected chi connectivity index (χ2v) is 8.61. The molecule has 0 saturated heterocycles. The number of hydrogen-bond donors (Lipinski definition) is 1. The summed E-state index contributed by atoms with van der Waals surface area (Å²) in [6.07, 6.45) is 2.76. The average molecular weight is 351 g/mol. The van der Waals surface area contributed by atoms with E-state index in [0.717, 1.165) is 17.8 Å². The first kappa shape index (κ1) is 16.8. The Bertz CT molecular complexity index is 917. The summed E-state index contributed by atoms with van der Waals surface area (Å²) < 4.78 is 7.98. The van der Waals surface area contributed by atoms with Gasteiger partial charge in [-0.2, -0.15) is 5.10 Å². The van der Waals surface area contributed by atoms with Gasteiger partial charge in [-0.25, -0.2) is 4.68 Å². The van der Waals surface area contributed by atoms with E-state index in [1.807, 2.05) is 16.9 Å². The Morgan fingerprint density at radius 3 is 2.54 bits per heavy atom. The molecule has 2 aromatic heterocycles. The zero-order chi connectivity index (χ0) is 18.5. The smallest absolute Gasteiger partial charge is 0.253 e. The van der Waals surface area contributed by atoms with Crippen molar-refractivity contribution in [3.63, 3.8) is 0 Å². The van der Waals surface area contributed by atoms with E-state index in [0.29, 0.717) is 11.8 Å². The molecule has 6 nitrogen and oxygen atoms in total. The van der Waals surface area contributed by atoms with Gasteiger partial charge < -0.3 is 9.73 Å². The van der Waals surface area contributed by atoms with Crippen LogP contribution in [0.15, 0.2) is 40.9 Å². The Morgan fingerprint density at radius 2 is 1.88 bits per heavy atom. The highest BCUT2D eigenvalue weighted by Crippen LogP contribution is 2.42. The van der Waals surface area contributed by atoms with Gasteiger partial charge in [-0.15, -0.1) is 10.2 Å². The number of fused-ring (bicyclic) bond motifs is 1. The topological polar surface area (TPSA) is 68.8 Å². The molecule has 3 aromatic rings. The van der Waals surface area contributed by atoms with Crippen LogP contribution in [0.4, 0.5) is 5.82 Å². The van der Waals surface area contributed by atoms with E-state index in [4.69, 9.17) is 4.42 Å². The summed E-state index contributed by atoms with van der Waals surface area (Å²) >= 11 is 0. The van der Waals surface area contributed by atoms with E-state index in [2.05, 4.69) is 79.5 Å². The lowest BCUT2D eigenvalue weighted by Gasteiger charge is -2.38. The van der Waals surface area contributed by atoms with Gasteiger partial charge in [0.1, 0.15) is 11.4 Å². The van der Waals surface area contributed by atoms with Crippen LogP contribution in [0, 0.1) is 0 Å². The van der Waals surface area contributed by atoms with Crippen LogP contribution in [0.25, 0.3) is 11.5 Å². The van der Waals surface area contributed by atoms with Crippen LogP contribution in [-0.2, 0) is 11.0 Å². The van der Waals surface area contributed by atoms with Gasteiger partial charge in [-0.05, 0) is 25.8 Å². The zero-order valence-corrected chi connectivity index (χ0v) is 15.9. The number of anilines is 1. The molecule has 0 spiro atoms. The SMILES string of the molecule is CC(C)(C)c1nnc(-c2cnn3c2NC(c2ccccc2)CC3(C)C)o1. The molecule has 6 heteroatoms. The van der Waals surface area contributed by atoms with Crippen molar-refractivity contribution in [2.75, 3.05) is 5.32 Å². The Hall–Kier alpha value is -2.63. The number of rotatable bonds is 2. The highest BCUT2D eigenvalue weighted by Gasteiger charge is 2.36. The normalized spacial score (nSPS) is 19.0. The molecule has 1 aliphatic rings. The van der Waals surface area contributed by atoms with Crippen LogP contribution in [0.1, 0.15) is 58.5 Å². The fourth-order valence-electron chi connectivity index (χ4n) is 3.43. The Labute approximate surface area is 153 Å². The molecule has 26 heavy (non-hydrogen) atoms. The summed E-state index contributed by atoms with van der Waals surface area (Å²) in [5, 5.41) is 16.7. The highest BCUT2D eigenvalue weighted by atomic mass is 16.4. The molecular formula is C20H25N5O. The van der Waals surface area contributed by atoms with Crippen LogP contribution >= 0.6 is 0 Å². The first-order valence-electron chi connectivity index (χ1n) is 9.00. The minimum atomic E-state index is -0.183. The van der Waals surface area contributed by atoms with Gasteiger partial charge in [0, 0.05) is 5.41 Å². The van der Waals surface area contributed by atoms with Crippen molar-refractivity contribution in [1.29, 1.82) is 0 Å². The maximum Gasteiger partial charge on any atom is 0.253 e. The van der Waals surface area contributed by atoms with E-state index in [9.17, 15) is 0 Å². The van der Waals surface area contributed by atoms with Crippen molar-refractivity contribution in [3.8, 4) is 11.5 Å². The maximum absolute atomic E-state index is 5.95. The van der Waals surface area contributed by atoms with Crippen LogP contribution in [-0.4, -0.2) is 20.0 Å². The number of nitrogens with zero attached hydrogens (tertiary/aromatic N) is 4. The molecule has 1 N–H and O–H groups in total. The molecule has 1 unspecified atom stereocenters. The van der Waals surface area contributed by atoms with Gasteiger partial charge in [-0.3, -0.25) is 0 Å². The molecule has 1 aliphatic heterocycles. The third-order valence-corrected chi connectivity index (χ3v) is 4.86. The fraction of sp³-hybridized carbons (Fsp3) is 0.450. The molecule has 0 fully saturated rings. The molecule has 0 aliphatic carbocycles. The minimum Gasteiger partial charge on any atom is -0.420 e. The van der Waals surface area contributed by atoms with Crippen molar-refractivity contribution in [3.05, 3.63) is 48.0 Å². The Kier molecular flexibility index (Phi) is 3.68. The van der Waals surface area contributed by atoms with Crippen molar-refractivity contribution < 1.29 is 4.42 Å². The fourth-order valence-corrected chi connectivity index (χ4v) is 3.43. The molecular weight excluding hydrogens is 326 g/mol. The van der Waals surface area contributed by atoms with Gasteiger partial charge in [0.2, 0.25) is 5.89 Å². The molecule has 0 bridgehead atoms. The monoisotopic (exact) mass is 351 g/mol. The summed E-state index contributed by atoms with van der Waals surface area (Å²) in [5.74, 6) is 2.06. The quantitative estimate of drug-likeness (QED) is 0.735. The minimum absolute atomic E-state index is 0.119. The lowest BCUT2D eigenvalue weighted by Crippen LogP contribution is -2.37. The van der Waals surface area contributed by atoms with Crippen molar-refractivity contribution in [2.24, 2.45) is 0 Å². The first-order chi connectivity index (χ1) is 12.3. The predicted molar refractivity (Wildman–Crippen MR) is 101 cm³/mol. The van der Waals surface area contributed by atoms with E-state index < -0.39 is 0 Å². The van der Waals surface area contributed by atoms with Crippen LogP contribution in [0.3, 0.4) is 0 Å². The largest absolute Gasteiger partial charge is 0.420 e. The number of hydrogen-bond acceptors (Lipinski definition) is 5. The van der Waals surface area contributed by atoms with Crippen molar-refractivity contribution >= 4 is 5.82 Å². The Morgan fingerprint density at radius 1 is 1.15 bits per heavy atom.